The van der Waals surface area contributed by atoms with Gasteiger partial charge in [-0.2, -0.15) is 4.37 Å². The van der Waals surface area contributed by atoms with Gasteiger partial charge in [0, 0.05) is 32.6 Å². The van der Waals surface area contributed by atoms with Crippen LogP contribution in [-0.4, -0.2) is 42.8 Å². The number of aromatic nitrogens is 4. The summed E-state index contributed by atoms with van der Waals surface area (Å²) < 4.78 is 19.8. The fraction of sp³-hybridized carbons (Fsp3) is 0.429. The van der Waals surface area contributed by atoms with Gasteiger partial charge >= 0.3 is 0 Å². The molecule has 1 fully saturated rings. The summed E-state index contributed by atoms with van der Waals surface area (Å²) in [7, 11) is 0. The summed E-state index contributed by atoms with van der Waals surface area (Å²) in [4.78, 5) is 26.1. The van der Waals surface area contributed by atoms with Gasteiger partial charge in [-0.3, -0.25) is 14.6 Å². The predicted molar refractivity (Wildman–Crippen MR) is 113 cm³/mol. The number of hydrogen-bond acceptors (Lipinski definition) is 6. The molecule has 30 heavy (non-hydrogen) atoms. The number of amides is 1. The predicted octanol–water partition coefficient (Wildman–Crippen LogP) is 3.55. The summed E-state index contributed by atoms with van der Waals surface area (Å²) >= 11 is 1.34. The molecule has 0 spiro atoms. The Morgan fingerprint density at radius 2 is 1.97 bits per heavy atom. The third-order valence-corrected chi connectivity index (χ3v) is 6.69. The third kappa shape index (κ3) is 3.31. The number of anilines is 1. The quantitative estimate of drug-likeness (QED) is 0.638. The van der Waals surface area contributed by atoms with Gasteiger partial charge in [-0.25, -0.2) is 14.4 Å². The average molecular weight is 427 g/mol. The standard InChI is InChI=1S/C21H23FN6OS/c1-13-18-19(27-9-3-4-17(27)29)24-20(21-23-14(2)25-30-21)28(18)11-10-26(13)12-15-5-7-16(22)8-6-15/h5-8,13H,3-4,9-12H2,1-2H3/t13-/m1/s1. The number of halogens is 1. The lowest BCUT2D eigenvalue weighted by atomic mass is 10.1. The van der Waals surface area contributed by atoms with E-state index in [4.69, 9.17) is 4.98 Å². The molecule has 5 rings (SSSR count). The highest BCUT2D eigenvalue weighted by atomic mass is 32.1. The molecule has 1 atom stereocenters. The van der Waals surface area contributed by atoms with Crippen molar-refractivity contribution in [3.05, 3.63) is 47.2 Å². The van der Waals surface area contributed by atoms with Crippen LogP contribution in [0.4, 0.5) is 10.2 Å². The highest BCUT2D eigenvalue weighted by Gasteiger charge is 2.36. The molecule has 0 saturated carbocycles. The Bertz CT molecular complexity index is 1090. The molecular weight excluding hydrogens is 403 g/mol. The van der Waals surface area contributed by atoms with Crippen LogP contribution in [0, 0.1) is 12.7 Å². The number of nitrogens with zero attached hydrogens (tertiary/aromatic N) is 6. The van der Waals surface area contributed by atoms with Crippen LogP contribution < -0.4 is 4.90 Å². The summed E-state index contributed by atoms with van der Waals surface area (Å²) in [6, 6.07) is 6.71. The molecule has 2 aliphatic rings. The number of carbonyl (C=O) groups is 1. The zero-order chi connectivity index (χ0) is 20.8. The van der Waals surface area contributed by atoms with Gasteiger partial charge in [0.05, 0.1) is 11.7 Å². The van der Waals surface area contributed by atoms with E-state index >= 15 is 0 Å². The van der Waals surface area contributed by atoms with Crippen molar-refractivity contribution in [2.45, 2.75) is 45.8 Å². The fourth-order valence-electron chi connectivity index (χ4n) is 4.35. The first-order chi connectivity index (χ1) is 14.5. The van der Waals surface area contributed by atoms with Gasteiger partial charge in [0.15, 0.2) is 16.6 Å². The normalized spacial score (nSPS) is 19.5. The van der Waals surface area contributed by atoms with Crippen molar-refractivity contribution in [2.24, 2.45) is 0 Å². The lowest BCUT2D eigenvalue weighted by Crippen LogP contribution is -2.37. The first-order valence-electron chi connectivity index (χ1n) is 10.2. The van der Waals surface area contributed by atoms with Gasteiger partial charge in [-0.1, -0.05) is 12.1 Å². The van der Waals surface area contributed by atoms with Crippen LogP contribution in [0.3, 0.4) is 0 Å². The molecule has 0 N–H and O–H groups in total. The fourth-order valence-corrected chi connectivity index (χ4v) is 5.02. The zero-order valence-electron chi connectivity index (χ0n) is 17.0. The number of fused-ring (bicyclic) bond motifs is 1. The minimum absolute atomic E-state index is 0.0578. The van der Waals surface area contributed by atoms with Crippen LogP contribution in [0.25, 0.3) is 10.8 Å². The van der Waals surface area contributed by atoms with E-state index in [-0.39, 0.29) is 17.8 Å². The van der Waals surface area contributed by atoms with Gasteiger partial charge in [0.25, 0.3) is 0 Å². The second-order valence-corrected chi connectivity index (χ2v) is 8.62. The van der Waals surface area contributed by atoms with Gasteiger partial charge in [0.2, 0.25) is 5.91 Å². The van der Waals surface area contributed by atoms with Crippen molar-refractivity contribution < 1.29 is 9.18 Å². The molecule has 1 aromatic carbocycles. The molecule has 1 saturated heterocycles. The average Bonchev–Trinajstić information content (AvgIpc) is 3.44. The first-order valence-corrected chi connectivity index (χ1v) is 11.0. The second kappa shape index (κ2) is 7.55. The third-order valence-electron chi connectivity index (χ3n) is 5.89. The zero-order valence-corrected chi connectivity index (χ0v) is 17.8. The SMILES string of the molecule is Cc1nsc(-c2nc(N3CCCC3=O)c3n2CCN(Cc2ccc(F)cc2)[C@@H]3C)n1. The maximum absolute atomic E-state index is 13.3. The number of hydrogen-bond donors (Lipinski definition) is 0. The van der Waals surface area contributed by atoms with Crippen LogP contribution >= 0.6 is 11.5 Å². The smallest absolute Gasteiger partial charge is 0.228 e. The van der Waals surface area contributed by atoms with Crippen LogP contribution in [0.1, 0.15) is 42.9 Å². The van der Waals surface area contributed by atoms with Crippen molar-refractivity contribution in [1.82, 2.24) is 23.8 Å². The van der Waals surface area contributed by atoms with E-state index in [1.165, 1.54) is 23.7 Å². The Hall–Kier alpha value is -2.65. The van der Waals surface area contributed by atoms with Gasteiger partial charge < -0.3 is 4.57 Å². The van der Waals surface area contributed by atoms with E-state index in [1.807, 2.05) is 24.0 Å². The Kier molecular flexibility index (Phi) is 4.86. The monoisotopic (exact) mass is 426 g/mol. The number of carbonyl (C=O) groups excluding carboxylic acids is 1. The Morgan fingerprint density at radius 3 is 2.63 bits per heavy atom. The van der Waals surface area contributed by atoms with E-state index in [2.05, 4.69) is 25.7 Å². The van der Waals surface area contributed by atoms with Crippen molar-refractivity contribution in [1.29, 1.82) is 0 Å². The van der Waals surface area contributed by atoms with E-state index < -0.39 is 0 Å². The number of aryl methyl sites for hydroxylation is 1. The lowest BCUT2D eigenvalue weighted by molar-refractivity contribution is -0.117. The molecular formula is C21H23FN6OS. The molecule has 0 bridgehead atoms. The van der Waals surface area contributed by atoms with Crippen molar-refractivity contribution in [3.63, 3.8) is 0 Å². The maximum atomic E-state index is 13.3. The summed E-state index contributed by atoms with van der Waals surface area (Å²) in [5.41, 5.74) is 2.11. The maximum Gasteiger partial charge on any atom is 0.228 e. The molecule has 0 unspecified atom stereocenters. The first kappa shape index (κ1) is 19.3. The number of imidazole rings is 1. The highest BCUT2D eigenvalue weighted by Crippen LogP contribution is 2.39. The van der Waals surface area contributed by atoms with E-state index in [0.29, 0.717) is 19.5 Å². The van der Waals surface area contributed by atoms with Crippen molar-refractivity contribution >= 4 is 23.3 Å². The molecule has 0 radical (unpaired) electrons. The lowest BCUT2D eigenvalue weighted by Gasteiger charge is -2.36. The molecule has 1 amide bonds. The molecule has 0 aliphatic carbocycles. The topological polar surface area (TPSA) is 67.2 Å². The molecule has 4 heterocycles. The van der Waals surface area contributed by atoms with Crippen LogP contribution in [-0.2, 0) is 17.9 Å². The van der Waals surface area contributed by atoms with Crippen LogP contribution in [0.15, 0.2) is 24.3 Å². The van der Waals surface area contributed by atoms with Crippen molar-refractivity contribution in [3.8, 4) is 10.8 Å². The Balaban J connectivity index is 1.54. The summed E-state index contributed by atoms with van der Waals surface area (Å²) in [6.07, 6.45) is 1.42. The largest absolute Gasteiger partial charge is 0.321 e. The molecule has 3 aromatic rings. The van der Waals surface area contributed by atoms with Crippen LogP contribution in [0.2, 0.25) is 0 Å². The summed E-state index contributed by atoms with van der Waals surface area (Å²) in [5.74, 6) is 2.16. The van der Waals surface area contributed by atoms with Crippen LogP contribution in [0.5, 0.6) is 0 Å². The van der Waals surface area contributed by atoms with Gasteiger partial charge in [0.1, 0.15) is 11.6 Å². The Labute approximate surface area is 178 Å². The summed E-state index contributed by atoms with van der Waals surface area (Å²) in [5, 5.41) is 0.783. The molecule has 2 aliphatic heterocycles. The molecule has 2 aromatic heterocycles. The van der Waals surface area contributed by atoms with Gasteiger partial charge in [-0.15, -0.1) is 0 Å². The molecule has 7 nitrogen and oxygen atoms in total. The second-order valence-electron chi connectivity index (χ2n) is 7.86. The summed E-state index contributed by atoms with van der Waals surface area (Å²) in [6.45, 7) is 7.02. The van der Waals surface area contributed by atoms with Gasteiger partial charge in [-0.05, 0) is 49.5 Å². The van der Waals surface area contributed by atoms with E-state index in [9.17, 15) is 9.18 Å². The van der Waals surface area contributed by atoms with E-state index in [0.717, 1.165) is 53.2 Å². The molecule has 156 valence electrons. The number of rotatable bonds is 4. The minimum atomic E-state index is -0.227. The Morgan fingerprint density at radius 1 is 1.17 bits per heavy atom. The minimum Gasteiger partial charge on any atom is -0.321 e. The van der Waals surface area contributed by atoms with E-state index in [1.54, 1.807) is 0 Å². The molecule has 9 heteroatoms. The number of benzene rings is 1. The van der Waals surface area contributed by atoms with Crippen molar-refractivity contribution in [2.75, 3.05) is 18.0 Å². The highest BCUT2D eigenvalue weighted by molar-refractivity contribution is 7.09.